The number of alkyl halides is 1. The molecular formula is C15H20Br2O2. The zero-order chi connectivity index (χ0) is 13.7. The quantitative estimate of drug-likeness (QED) is 0.401. The Morgan fingerprint density at radius 3 is 2.84 bits per heavy atom. The summed E-state index contributed by atoms with van der Waals surface area (Å²) in [5.74, 6) is 0. The van der Waals surface area contributed by atoms with Gasteiger partial charge in [0.25, 0.3) is 0 Å². The summed E-state index contributed by atoms with van der Waals surface area (Å²) in [4.78, 5) is 2.14. The van der Waals surface area contributed by atoms with E-state index in [0.717, 1.165) is 25.7 Å². The van der Waals surface area contributed by atoms with Crippen molar-refractivity contribution in [3.63, 3.8) is 0 Å². The van der Waals surface area contributed by atoms with Crippen molar-refractivity contribution in [3.05, 3.63) is 28.9 Å². The first kappa shape index (κ1) is 15.5. The van der Waals surface area contributed by atoms with E-state index in [0.29, 0.717) is 4.83 Å². The van der Waals surface area contributed by atoms with Crippen molar-refractivity contribution < 1.29 is 9.47 Å². The van der Waals surface area contributed by atoms with E-state index >= 15 is 0 Å². The lowest BCUT2D eigenvalue weighted by Crippen LogP contribution is -2.34. The largest absolute Gasteiger partial charge is 0.371 e. The van der Waals surface area contributed by atoms with Crippen LogP contribution in [0.5, 0.6) is 0 Å². The topological polar surface area (TPSA) is 18.5 Å². The number of fused-ring (bicyclic) bond motifs is 1. The van der Waals surface area contributed by atoms with Gasteiger partial charge >= 0.3 is 0 Å². The van der Waals surface area contributed by atoms with Crippen LogP contribution in [0.25, 0.3) is 0 Å². The summed E-state index contributed by atoms with van der Waals surface area (Å²) in [6.45, 7) is 2.18. The van der Waals surface area contributed by atoms with Crippen molar-refractivity contribution in [1.29, 1.82) is 0 Å². The van der Waals surface area contributed by atoms with Gasteiger partial charge in [0, 0.05) is 16.2 Å². The van der Waals surface area contributed by atoms with E-state index in [1.165, 1.54) is 0 Å². The second-order valence-corrected chi connectivity index (χ2v) is 6.61. The van der Waals surface area contributed by atoms with Crippen LogP contribution in [-0.4, -0.2) is 29.2 Å². The Hall–Kier alpha value is 0.140. The van der Waals surface area contributed by atoms with E-state index in [1.807, 2.05) is 6.08 Å². The van der Waals surface area contributed by atoms with Crippen molar-refractivity contribution in [1.82, 2.24) is 0 Å². The number of hydrogen-bond acceptors (Lipinski definition) is 2. The average molecular weight is 392 g/mol. The Bertz CT molecular complexity index is 374. The first-order chi connectivity index (χ1) is 9.24. The molecule has 0 N–H and O–H groups in total. The number of ether oxygens (including phenoxy) is 2. The van der Waals surface area contributed by atoms with Crippen molar-refractivity contribution in [2.24, 2.45) is 0 Å². The predicted molar refractivity (Wildman–Crippen MR) is 84.9 cm³/mol. The van der Waals surface area contributed by atoms with Gasteiger partial charge in [0.05, 0.1) is 24.4 Å². The number of rotatable bonds is 3. The van der Waals surface area contributed by atoms with Crippen LogP contribution in [0.1, 0.15) is 32.6 Å². The van der Waals surface area contributed by atoms with Crippen LogP contribution in [-0.2, 0) is 9.47 Å². The Labute approximate surface area is 132 Å². The molecule has 0 aromatic rings. The van der Waals surface area contributed by atoms with Crippen LogP contribution in [0.3, 0.4) is 0 Å². The molecule has 2 aliphatic rings. The summed E-state index contributed by atoms with van der Waals surface area (Å²) in [5.41, 5.74) is 3.04. The van der Waals surface area contributed by atoms with E-state index in [1.54, 1.807) is 4.99 Å². The first-order valence-electron chi connectivity index (χ1n) is 6.85. The maximum absolute atomic E-state index is 6.29. The molecule has 0 aliphatic carbocycles. The monoisotopic (exact) mass is 390 g/mol. The van der Waals surface area contributed by atoms with Gasteiger partial charge in [0.2, 0.25) is 0 Å². The summed E-state index contributed by atoms with van der Waals surface area (Å²) in [6, 6.07) is 0. The van der Waals surface area contributed by atoms with Crippen molar-refractivity contribution >= 4 is 31.9 Å². The third-order valence-corrected chi connectivity index (χ3v) is 5.12. The molecule has 0 bridgehead atoms. The minimum atomic E-state index is 0.117. The lowest BCUT2D eigenvalue weighted by Gasteiger charge is -2.28. The summed E-state index contributed by atoms with van der Waals surface area (Å²) < 4.78 is 12.3. The molecule has 0 amide bonds. The van der Waals surface area contributed by atoms with E-state index in [9.17, 15) is 0 Å². The molecule has 1 unspecified atom stereocenters. The molecule has 0 spiro atoms. The first-order valence-corrected chi connectivity index (χ1v) is 8.69. The lowest BCUT2D eigenvalue weighted by atomic mass is 10.0. The van der Waals surface area contributed by atoms with Gasteiger partial charge in [0.15, 0.2) is 0 Å². The van der Waals surface area contributed by atoms with Gasteiger partial charge in [-0.1, -0.05) is 50.9 Å². The van der Waals surface area contributed by atoms with E-state index in [-0.39, 0.29) is 24.4 Å². The SMILES string of the molecule is CCC(Br)[C@H]1C/C=C\C[C@@H]2O[C@@H](C=C=CBr)C[C@@H]2O1. The fourth-order valence-corrected chi connectivity index (χ4v) is 3.08. The average Bonchev–Trinajstić information content (AvgIpc) is 2.77. The smallest absolute Gasteiger partial charge is 0.0880 e. The van der Waals surface area contributed by atoms with Crippen LogP contribution in [0.2, 0.25) is 0 Å². The molecule has 19 heavy (non-hydrogen) atoms. The molecular weight excluding hydrogens is 372 g/mol. The third kappa shape index (κ3) is 4.30. The van der Waals surface area contributed by atoms with Gasteiger partial charge in [-0.15, -0.1) is 5.73 Å². The Morgan fingerprint density at radius 1 is 1.32 bits per heavy atom. The van der Waals surface area contributed by atoms with Crippen LogP contribution < -0.4 is 0 Å². The van der Waals surface area contributed by atoms with E-state index in [4.69, 9.17) is 9.47 Å². The Morgan fingerprint density at radius 2 is 2.11 bits per heavy atom. The van der Waals surface area contributed by atoms with E-state index < -0.39 is 0 Å². The van der Waals surface area contributed by atoms with Gasteiger partial charge in [-0.05, 0) is 25.3 Å². The highest BCUT2D eigenvalue weighted by Crippen LogP contribution is 2.31. The number of hydrogen-bond donors (Lipinski definition) is 0. The molecule has 2 nitrogen and oxygen atoms in total. The van der Waals surface area contributed by atoms with E-state index in [2.05, 4.69) is 56.7 Å². The molecule has 106 valence electrons. The zero-order valence-electron chi connectivity index (χ0n) is 11.1. The fourth-order valence-electron chi connectivity index (χ4n) is 2.59. The van der Waals surface area contributed by atoms with Crippen molar-refractivity contribution in [2.45, 2.75) is 61.9 Å². The van der Waals surface area contributed by atoms with Crippen molar-refractivity contribution in [3.8, 4) is 0 Å². The molecule has 2 heterocycles. The minimum absolute atomic E-state index is 0.117. The number of halogens is 2. The predicted octanol–water partition coefficient (Wildman–Crippen LogP) is 4.48. The maximum atomic E-state index is 6.29. The Kier molecular flexibility index (Phi) is 6.37. The van der Waals surface area contributed by atoms with Gasteiger partial charge < -0.3 is 9.47 Å². The summed E-state index contributed by atoms with van der Waals surface area (Å²) >= 11 is 6.95. The summed E-state index contributed by atoms with van der Waals surface area (Å²) in [7, 11) is 0. The molecule has 5 atom stereocenters. The van der Waals surface area contributed by atoms with Crippen LogP contribution >= 0.6 is 31.9 Å². The molecule has 2 aliphatic heterocycles. The molecule has 1 fully saturated rings. The highest BCUT2D eigenvalue weighted by molar-refractivity contribution is 9.11. The third-order valence-electron chi connectivity index (χ3n) is 3.62. The van der Waals surface area contributed by atoms with Gasteiger partial charge in [-0.2, -0.15) is 0 Å². The van der Waals surface area contributed by atoms with Gasteiger partial charge in [0.1, 0.15) is 0 Å². The van der Waals surface area contributed by atoms with Crippen LogP contribution in [0.15, 0.2) is 28.9 Å². The van der Waals surface area contributed by atoms with Crippen molar-refractivity contribution in [2.75, 3.05) is 0 Å². The molecule has 0 saturated carbocycles. The van der Waals surface area contributed by atoms with Crippen LogP contribution in [0.4, 0.5) is 0 Å². The highest BCUT2D eigenvalue weighted by Gasteiger charge is 2.37. The molecule has 4 heteroatoms. The highest BCUT2D eigenvalue weighted by atomic mass is 79.9. The zero-order valence-corrected chi connectivity index (χ0v) is 14.3. The summed E-state index contributed by atoms with van der Waals surface area (Å²) in [6.07, 6.45) is 11.1. The van der Waals surface area contributed by atoms with Gasteiger partial charge in [-0.25, -0.2) is 0 Å². The fraction of sp³-hybridized carbons (Fsp3) is 0.667. The molecule has 0 aromatic carbocycles. The second kappa shape index (κ2) is 7.80. The Balaban J connectivity index is 2.04. The normalized spacial score (nSPS) is 37.4. The van der Waals surface area contributed by atoms with Gasteiger partial charge in [-0.3, -0.25) is 0 Å². The second-order valence-electron chi connectivity index (χ2n) is 4.97. The van der Waals surface area contributed by atoms with Crippen LogP contribution in [0, 0.1) is 0 Å². The minimum Gasteiger partial charge on any atom is -0.371 e. The standard InChI is InChI=1S/C15H20Br2O2/c1-2-12(17)13-7-3-4-8-14-15(19-13)10-11(18-14)6-5-9-16/h3-4,6,9,11-15H,2,7-8,10H2,1H3/b4-3-/t5?,11-,12?,13+,14-,15-/m0/s1. The molecule has 0 radical (unpaired) electrons. The molecule has 1 saturated heterocycles. The maximum Gasteiger partial charge on any atom is 0.0880 e. The molecule has 0 aromatic heterocycles. The molecule has 2 rings (SSSR count). The summed E-state index contributed by atoms with van der Waals surface area (Å²) in [5, 5.41) is 0. The lowest BCUT2D eigenvalue weighted by molar-refractivity contribution is -0.0540.